The summed E-state index contributed by atoms with van der Waals surface area (Å²) < 4.78 is 25.2. The zero-order chi connectivity index (χ0) is 96.3. The van der Waals surface area contributed by atoms with Gasteiger partial charge >= 0.3 is 30.5 Å². The minimum atomic E-state index is -0.888. The molecule has 8 aliphatic heterocycles. The SMILES string of the molecule is COC(=O)N[C@H](C(=O)N1CCC[C@H]1C1=NC2=C(C1)c1ccc(-c3ccc4cc(-c5cnc([C@@H]6CCCN6C(=O)[C@H](NC(=O)OC)c6ccccc6)[nH]5)ccc4c3)cc1CC2)C1CCN(C(=O)OC(C)(C)C)CC1.COC(=O)N[C@H](C(=O)N1CCC[C@H]1C1=NC2=C(C1)c1ccc(-c3ccc4cc(-c5cnc([C@@H]6CCCN6C(=O)[C@H](NC(=O)OC)c6ccccc6)[nH]5)ccc4c3)cc1CC2)C1CCNCC1.Cl. The lowest BCUT2D eigenvalue weighted by atomic mass is 9.85. The lowest BCUT2D eigenvalue weighted by Crippen LogP contribution is -2.56. The summed E-state index contributed by atoms with van der Waals surface area (Å²) in [6.07, 6.45) is 14.9. The molecule has 10 aromatic rings. The Morgan fingerprint density at radius 2 is 0.750 bits per heavy atom. The van der Waals surface area contributed by atoms with Gasteiger partial charge in [0.25, 0.3) is 11.8 Å². The molecule has 0 saturated carbocycles. The average molecular weight is 1910 g/mol. The Balaban J connectivity index is 0.000000185. The number of likely N-dealkylation sites (tertiary alicyclic amines) is 5. The number of nitrogens with zero attached hydrogens (tertiary/aromatic N) is 9. The summed E-state index contributed by atoms with van der Waals surface area (Å²) in [6, 6.07) is 54.0. The van der Waals surface area contributed by atoms with Crippen LogP contribution in [0.2, 0.25) is 0 Å². The van der Waals surface area contributed by atoms with Crippen molar-refractivity contribution in [2.24, 2.45) is 21.8 Å². The largest absolute Gasteiger partial charge is 0.453 e. The van der Waals surface area contributed by atoms with Gasteiger partial charge < -0.3 is 84.7 Å². The number of H-pyrrole nitrogens is 2. The number of halogens is 1. The fourth-order valence-electron chi connectivity index (χ4n) is 22.3. The van der Waals surface area contributed by atoms with E-state index in [1.165, 1.54) is 67.4 Å². The van der Waals surface area contributed by atoms with E-state index in [1.807, 2.05) is 109 Å². The maximum atomic E-state index is 14.5. The van der Waals surface area contributed by atoms with Gasteiger partial charge in [-0.05, 0) is 261 Å². The number of aliphatic imine (C=N–C) groups is 2. The first kappa shape index (κ1) is 96.3. The number of carbonyl (C=O) groups excluding carboxylic acids is 9. The Morgan fingerprint density at radius 3 is 1.15 bits per heavy atom. The van der Waals surface area contributed by atoms with Crippen LogP contribution in [0.1, 0.15) is 193 Å². The second-order valence-electron chi connectivity index (χ2n) is 38.9. The number of ether oxygens (including phenoxy) is 5. The van der Waals surface area contributed by atoms with Crippen molar-refractivity contribution < 1.29 is 66.8 Å². The summed E-state index contributed by atoms with van der Waals surface area (Å²) in [7, 11) is 5.22. The van der Waals surface area contributed by atoms with Gasteiger partial charge in [-0.2, -0.15) is 0 Å². The van der Waals surface area contributed by atoms with E-state index in [4.69, 9.17) is 43.6 Å². The number of methoxy groups -OCH3 is 4. The Morgan fingerprint density at radius 1 is 0.393 bits per heavy atom. The molecule has 10 aliphatic rings. The molecule has 2 aromatic heterocycles. The van der Waals surface area contributed by atoms with Gasteiger partial charge in [-0.3, -0.25) is 29.2 Å². The Kier molecular flexibility index (Phi) is 28.9. The first-order valence-corrected chi connectivity index (χ1v) is 48.9. The number of aryl methyl sites for hydroxylation is 2. The van der Waals surface area contributed by atoms with E-state index in [0.29, 0.717) is 81.3 Å². The summed E-state index contributed by atoms with van der Waals surface area (Å²) in [5, 5.41) is 19.0. The van der Waals surface area contributed by atoms with E-state index in [1.54, 1.807) is 9.80 Å². The Bertz CT molecular complexity index is 6530. The van der Waals surface area contributed by atoms with Crippen molar-refractivity contribution >= 4 is 111 Å². The summed E-state index contributed by atoms with van der Waals surface area (Å²) in [4.78, 5) is 155. The van der Waals surface area contributed by atoms with Gasteiger partial charge in [-0.25, -0.2) is 33.9 Å². The number of piperidine rings is 2. The normalized spacial score (nSPS) is 19.9. The highest BCUT2D eigenvalue weighted by Crippen LogP contribution is 2.47. The van der Waals surface area contributed by atoms with Crippen LogP contribution in [0.4, 0.5) is 24.0 Å². The van der Waals surface area contributed by atoms with Crippen LogP contribution in [0.25, 0.3) is 77.5 Å². The van der Waals surface area contributed by atoms with Gasteiger partial charge in [-0.1, -0.05) is 146 Å². The number of rotatable bonds is 20. The maximum absolute atomic E-state index is 14.5. The lowest BCUT2D eigenvalue weighted by Gasteiger charge is -2.38. The number of allylic oxidation sites excluding steroid dienone is 4. The zero-order valence-electron chi connectivity index (χ0n) is 80.1. The topological polar surface area (TPSA) is 358 Å². The number of amides is 9. The average Bonchev–Trinajstić information content (AvgIpc) is 1.61. The maximum Gasteiger partial charge on any atom is 0.410 e. The van der Waals surface area contributed by atoms with Crippen molar-refractivity contribution in [3.8, 4) is 44.8 Å². The summed E-state index contributed by atoms with van der Waals surface area (Å²) in [6.45, 7) is 10.4. The number of nitrogens with one attached hydrogen (secondary N) is 7. The molecule has 0 bridgehead atoms. The van der Waals surface area contributed by atoms with Gasteiger partial charge in [0.05, 0.1) is 76.4 Å². The monoisotopic (exact) mass is 1910 g/mol. The minimum Gasteiger partial charge on any atom is -0.453 e. The number of alkyl carbamates (subject to hydrolysis) is 4. The van der Waals surface area contributed by atoms with Crippen molar-refractivity contribution in [1.82, 2.24) is 71.0 Å². The molecule has 9 amide bonds. The predicted molar refractivity (Wildman–Crippen MR) is 537 cm³/mol. The quantitative estimate of drug-likeness (QED) is 0.0349. The van der Waals surface area contributed by atoms with E-state index in [0.717, 1.165) is 193 Å². The fourth-order valence-corrected chi connectivity index (χ4v) is 22.3. The molecule has 8 atom stereocenters. The van der Waals surface area contributed by atoms with Crippen LogP contribution in [-0.4, -0.2) is 221 Å². The van der Waals surface area contributed by atoms with E-state index in [2.05, 4.69) is 146 Å². The molecule has 7 N–H and O–H groups in total. The molecule has 20 rings (SSSR count). The van der Waals surface area contributed by atoms with Crippen LogP contribution in [0.5, 0.6) is 0 Å². The second-order valence-corrected chi connectivity index (χ2v) is 38.9. The predicted octanol–water partition coefficient (Wildman–Crippen LogP) is 17.8. The molecule has 6 fully saturated rings. The molecule has 0 radical (unpaired) electrons. The van der Waals surface area contributed by atoms with Gasteiger partial charge in [0.1, 0.15) is 41.4 Å². The molecule has 728 valence electrons. The van der Waals surface area contributed by atoms with Crippen LogP contribution < -0.4 is 26.6 Å². The van der Waals surface area contributed by atoms with Crippen LogP contribution in [0.15, 0.2) is 204 Å². The second kappa shape index (κ2) is 42.0. The highest BCUT2D eigenvalue weighted by atomic mass is 35.5. The Labute approximate surface area is 820 Å². The van der Waals surface area contributed by atoms with E-state index < -0.39 is 54.1 Å². The van der Waals surface area contributed by atoms with Crippen LogP contribution >= 0.6 is 12.4 Å². The van der Waals surface area contributed by atoms with E-state index in [9.17, 15) is 43.2 Å². The van der Waals surface area contributed by atoms with Crippen molar-refractivity contribution in [2.75, 3.05) is 80.8 Å². The highest BCUT2D eigenvalue weighted by Gasteiger charge is 2.47. The molecule has 30 nitrogen and oxygen atoms in total. The number of carbonyl (C=O) groups is 9. The molecule has 0 spiro atoms. The zero-order valence-corrected chi connectivity index (χ0v) is 80.9. The number of fused-ring (bicyclic) bond motifs is 6. The van der Waals surface area contributed by atoms with Crippen LogP contribution in [-0.2, 0) is 55.7 Å². The van der Waals surface area contributed by atoms with Crippen molar-refractivity contribution in [1.29, 1.82) is 0 Å². The molecule has 6 saturated heterocycles. The third-order valence-corrected chi connectivity index (χ3v) is 29.4. The molecule has 10 heterocycles. The number of imidazole rings is 2. The first-order chi connectivity index (χ1) is 67.5. The van der Waals surface area contributed by atoms with Gasteiger partial charge in [0, 0.05) is 86.1 Å². The third kappa shape index (κ3) is 20.4. The summed E-state index contributed by atoms with van der Waals surface area (Å²) in [5.74, 6) is 0.739. The first-order valence-electron chi connectivity index (χ1n) is 48.9. The molecule has 31 heteroatoms. The van der Waals surface area contributed by atoms with Crippen molar-refractivity contribution in [2.45, 2.75) is 190 Å². The van der Waals surface area contributed by atoms with Gasteiger partial charge in [0.2, 0.25) is 11.8 Å². The number of aromatic nitrogens is 4. The van der Waals surface area contributed by atoms with Gasteiger partial charge in [0.15, 0.2) is 0 Å². The Hall–Kier alpha value is -14.0. The molecular weight excluding hydrogens is 1790 g/mol. The molecular formula is C109H121ClN16O14. The number of hydrogen-bond donors (Lipinski definition) is 7. The van der Waals surface area contributed by atoms with Crippen LogP contribution in [0, 0.1) is 11.8 Å². The molecule has 2 aliphatic carbocycles. The third-order valence-electron chi connectivity index (χ3n) is 29.4. The van der Waals surface area contributed by atoms with Crippen molar-refractivity contribution in [3.63, 3.8) is 0 Å². The van der Waals surface area contributed by atoms with Crippen molar-refractivity contribution in [3.05, 3.63) is 239 Å². The fraction of sp³-hybridized carbons (Fsp3) is 0.404. The summed E-state index contributed by atoms with van der Waals surface area (Å²) >= 11 is 0. The number of aromatic amines is 2. The minimum absolute atomic E-state index is 0. The smallest absolute Gasteiger partial charge is 0.410 e. The lowest BCUT2D eigenvalue weighted by molar-refractivity contribution is -0.135. The molecule has 8 aromatic carbocycles. The number of hydrogen-bond acceptors (Lipinski definition) is 19. The molecule has 140 heavy (non-hydrogen) atoms. The number of benzene rings is 8. The summed E-state index contributed by atoms with van der Waals surface area (Å²) in [5.41, 5.74) is 20.9. The van der Waals surface area contributed by atoms with Gasteiger partial charge in [-0.15, -0.1) is 12.4 Å². The molecule has 0 unspecified atom stereocenters. The highest BCUT2D eigenvalue weighted by molar-refractivity contribution is 6.07. The van der Waals surface area contributed by atoms with E-state index >= 15 is 0 Å². The van der Waals surface area contributed by atoms with E-state index in [-0.39, 0.29) is 78.1 Å². The standard InChI is InChI=1S/C57H64N8O8.C52H56N8O6.ClH/c1-57(2,3)73-56(70)63-27-23-35(24-28-63)50(62-55(69)72-5)52(66)64-25-9-13-47(64)45-32-43-42-21-19-39(30-40(42)20-22-44(43)59-45)36-15-16-38-31-41(18-17-37(38)29-36)46-33-58-51(60-46)48-14-10-26-65(48)53(67)49(61-54(68)71-4)34-11-7-6-8-12-34;1-65-51(63)57-46(31-8-4-3-5-9-31)50(62)60-25-7-11-45(60)48-54-30-43(56-48)38-15-14-34-26-33(12-13-35(34)28-38)36-16-18-39-37(27-36)17-19-41-40(39)29-42(55-41)44-10-6-24-59(44)49(61)47(58-52(64)66-2)32-20-22-53-23-21-32;/h6-8,11-12,15-19,21,29-31,33,35,47-50H,9-10,13-14,20,22-28,32H2,1-5H3,(H,58,60)(H,61,68)(H,62,69);3-5,8-9,12-16,18,26-28,30,32,44-47,53H,6-7,10-11,17,19-25,29H2,1-2H3,(H,54,56)(H,57,63)(H,58,64);1H/t47-,48-,49+,50-;44-,45-,46+,47-;/m00./s1. The van der Waals surface area contributed by atoms with Crippen LogP contribution in [0.3, 0.4) is 0 Å².